The lowest BCUT2D eigenvalue weighted by Gasteiger charge is -2.47. The van der Waals surface area contributed by atoms with Gasteiger partial charge < -0.3 is 9.64 Å². The van der Waals surface area contributed by atoms with Crippen LogP contribution in [0.5, 0.6) is 5.75 Å². The lowest BCUT2D eigenvalue weighted by atomic mass is 9.71. The summed E-state index contributed by atoms with van der Waals surface area (Å²) in [6.45, 7) is 6.71. The van der Waals surface area contributed by atoms with Gasteiger partial charge in [0.15, 0.2) is 0 Å². The molecule has 0 aliphatic carbocycles. The third kappa shape index (κ3) is 5.52. The van der Waals surface area contributed by atoms with Gasteiger partial charge in [-0.3, -0.25) is 9.69 Å². The quantitative estimate of drug-likeness (QED) is 0.580. The fourth-order valence-corrected chi connectivity index (χ4v) is 5.05. The second-order valence-electron chi connectivity index (χ2n) is 9.19. The van der Waals surface area contributed by atoms with Crippen molar-refractivity contribution in [2.75, 3.05) is 32.8 Å². The molecule has 0 radical (unpaired) electrons. The van der Waals surface area contributed by atoms with Crippen molar-refractivity contribution < 1.29 is 22.7 Å². The Labute approximate surface area is 193 Å². The van der Waals surface area contributed by atoms with E-state index in [4.69, 9.17) is 4.74 Å². The third-order valence-electron chi connectivity index (χ3n) is 7.13. The highest BCUT2D eigenvalue weighted by molar-refractivity contribution is 5.94. The molecule has 2 saturated heterocycles. The molecule has 178 valence electrons. The number of piperidine rings is 2. The van der Waals surface area contributed by atoms with Crippen molar-refractivity contribution in [2.45, 2.75) is 45.3 Å². The van der Waals surface area contributed by atoms with Gasteiger partial charge in [-0.25, -0.2) is 0 Å². The van der Waals surface area contributed by atoms with E-state index >= 15 is 0 Å². The molecule has 4 nitrogen and oxygen atoms in total. The van der Waals surface area contributed by atoms with E-state index in [1.165, 1.54) is 17.7 Å². The standard InChI is InChI=1S/C26H31F3N2O2/c1-2-33-23-9-4-3-6-21(23)19-30-14-10-25(11-15-30)12-16-31(17-13-25)24(32)20-7-5-8-22(18-20)26(27,28)29/h3-9,18H,2,10-17,19H2,1H3. The molecular weight excluding hydrogens is 429 g/mol. The molecule has 7 heteroatoms. The number of hydrogen-bond acceptors (Lipinski definition) is 3. The first-order chi connectivity index (χ1) is 15.8. The van der Waals surface area contributed by atoms with Gasteiger partial charge in [-0.05, 0) is 75.4 Å². The fourth-order valence-electron chi connectivity index (χ4n) is 5.05. The lowest BCUT2D eigenvalue weighted by molar-refractivity contribution is -0.137. The van der Waals surface area contributed by atoms with E-state index in [-0.39, 0.29) is 16.9 Å². The topological polar surface area (TPSA) is 32.8 Å². The second kappa shape index (κ2) is 9.75. The largest absolute Gasteiger partial charge is 0.494 e. The normalized spacial score (nSPS) is 19.0. The number of rotatable bonds is 5. The van der Waals surface area contributed by atoms with Gasteiger partial charge in [0.05, 0.1) is 12.2 Å². The molecule has 0 unspecified atom stereocenters. The minimum absolute atomic E-state index is 0.114. The number of hydrogen-bond donors (Lipinski definition) is 0. The third-order valence-corrected chi connectivity index (χ3v) is 7.13. The van der Waals surface area contributed by atoms with Crippen molar-refractivity contribution in [3.05, 3.63) is 65.2 Å². The van der Waals surface area contributed by atoms with Crippen molar-refractivity contribution in [1.82, 2.24) is 9.80 Å². The maximum atomic E-state index is 13.0. The van der Waals surface area contributed by atoms with Crippen LogP contribution < -0.4 is 4.74 Å². The Morgan fingerprint density at radius 3 is 2.30 bits per heavy atom. The molecule has 0 aromatic heterocycles. The van der Waals surface area contributed by atoms with Crippen LogP contribution in [0.25, 0.3) is 0 Å². The minimum atomic E-state index is -4.45. The summed E-state index contributed by atoms with van der Waals surface area (Å²) in [6.07, 6.45) is -0.480. The molecule has 4 rings (SSSR count). The number of ether oxygens (including phenoxy) is 1. The Kier molecular flexibility index (Phi) is 6.98. The Balaban J connectivity index is 1.31. The summed E-state index contributed by atoms with van der Waals surface area (Å²) in [4.78, 5) is 17.0. The van der Waals surface area contributed by atoms with E-state index in [0.717, 1.165) is 63.2 Å². The summed E-state index contributed by atoms with van der Waals surface area (Å²) in [7, 11) is 0. The summed E-state index contributed by atoms with van der Waals surface area (Å²) in [5.74, 6) is 0.641. The molecular formula is C26H31F3N2O2. The van der Waals surface area contributed by atoms with Crippen molar-refractivity contribution in [3.63, 3.8) is 0 Å². The average molecular weight is 461 g/mol. The molecule has 1 amide bonds. The zero-order valence-electron chi connectivity index (χ0n) is 19.0. The first-order valence-electron chi connectivity index (χ1n) is 11.7. The van der Waals surface area contributed by atoms with Crippen LogP contribution in [0.15, 0.2) is 48.5 Å². The van der Waals surface area contributed by atoms with Crippen LogP contribution >= 0.6 is 0 Å². The smallest absolute Gasteiger partial charge is 0.416 e. The molecule has 33 heavy (non-hydrogen) atoms. The molecule has 2 aromatic rings. The number of para-hydroxylation sites is 1. The predicted molar refractivity (Wildman–Crippen MR) is 121 cm³/mol. The Morgan fingerprint density at radius 2 is 1.64 bits per heavy atom. The van der Waals surface area contributed by atoms with E-state index in [1.807, 2.05) is 25.1 Å². The number of nitrogens with zero attached hydrogens (tertiary/aromatic N) is 2. The van der Waals surface area contributed by atoms with Crippen LogP contribution in [0.2, 0.25) is 0 Å². The molecule has 0 N–H and O–H groups in total. The predicted octanol–water partition coefficient (Wildman–Crippen LogP) is 5.62. The van der Waals surface area contributed by atoms with Crippen LogP contribution in [0.4, 0.5) is 13.2 Å². The molecule has 0 bridgehead atoms. The molecule has 0 atom stereocenters. The Bertz CT molecular complexity index is 958. The molecule has 2 aliphatic heterocycles. The summed E-state index contributed by atoms with van der Waals surface area (Å²) in [6, 6.07) is 12.9. The van der Waals surface area contributed by atoms with E-state index in [2.05, 4.69) is 11.0 Å². The minimum Gasteiger partial charge on any atom is -0.494 e. The van der Waals surface area contributed by atoms with Gasteiger partial charge in [0.25, 0.3) is 5.91 Å². The van der Waals surface area contributed by atoms with Gasteiger partial charge in [-0.1, -0.05) is 24.3 Å². The highest BCUT2D eigenvalue weighted by Crippen LogP contribution is 2.42. The lowest BCUT2D eigenvalue weighted by Crippen LogP contribution is -2.48. The summed E-state index contributed by atoms with van der Waals surface area (Å²) in [5.41, 5.74) is 0.765. The van der Waals surface area contributed by atoms with E-state index in [1.54, 1.807) is 4.90 Å². The average Bonchev–Trinajstić information content (AvgIpc) is 2.82. The number of benzene rings is 2. The molecule has 1 spiro atoms. The van der Waals surface area contributed by atoms with E-state index in [0.29, 0.717) is 19.7 Å². The van der Waals surface area contributed by atoms with Gasteiger partial charge in [0.2, 0.25) is 0 Å². The molecule has 2 heterocycles. The second-order valence-corrected chi connectivity index (χ2v) is 9.19. The number of halogens is 3. The molecule has 2 aromatic carbocycles. The van der Waals surface area contributed by atoms with Crippen LogP contribution in [-0.4, -0.2) is 48.5 Å². The van der Waals surface area contributed by atoms with Crippen LogP contribution in [0.3, 0.4) is 0 Å². The number of carbonyl (C=O) groups is 1. The maximum Gasteiger partial charge on any atom is 0.416 e. The summed E-state index contributed by atoms with van der Waals surface area (Å²) in [5, 5.41) is 0. The maximum absolute atomic E-state index is 13.0. The summed E-state index contributed by atoms with van der Waals surface area (Å²) >= 11 is 0. The monoisotopic (exact) mass is 460 g/mol. The molecule has 2 fully saturated rings. The number of alkyl halides is 3. The van der Waals surface area contributed by atoms with Crippen molar-refractivity contribution in [2.24, 2.45) is 5.41 Å². The van der Waals surface area contributed by atoms with Gasteiger partial charge in [0.1, 0.15) is 5.75 Å². The van der Waals surface area contributed by atoms with Gasteiger partial charge >= 0.3 is 6.18 Å². The highest BCUT2D eigenvalue weighted by atomic mass is 19.4. The van der Waals surface area contributed by atoms with Crippen LogP contribution in [0.1, 0.15) is 54.1 Å². The van der Waals surface area contributed by atoms with E-state index in [9.17, 15) is 18.0 Å². The molecule has 2 aliphatic rings. The zero-order valence-corrected chi connectivity index (χ0v) is 19.0. The fraction of sp³-hybridized carbons (Fsp3) is 0.500. The van der Waals surface area contributed by atoms with Gasteiger partial charge in [-0.15, -0.1) is 0 Å². The van der Waals surface area contributed by atoms with Crippen molar-refractivity contribution in [1.29, 1.82) is 0 Å². The highest BCUT2D eigenvalue weighted by Gasteiger charge is 2.39. The first-order valence-corrected chi connectivity index (χ1v) is 11.7. The SMILES string of the molecule is CCOc1ccccc1CN1CCC2(CC1)CCN(C(=O)c1cccc(C(F)(F)F)c1)CC2. The summed E-state index contributed by atoms with van der Waals surface area (Å²) < 4.78 is 44.8. The Hall–Kier alpha value is -2.54. The van der Waals surface area contributed by atoms with Crippen molar-refractivity contribution in [3.8, 4) is 5.75 Å². The number of amides is 1. The van der Waals surface area contributed by atoms with Crippen LogP contribution in [-0.2, 0) is 12.7 Å². The Morgan fingerprint density at radius 1 is 0.970 bits per heavy atom. The molecule has 0 saturated carbocycles. The number of carbonyl (C=O) groups excluding carboxylic acids is 1. The van der Waals surface area contributed by atoms with Crippen molar-refractivity contribution >= 4 is 5.91 Å². The van der Waals surface area contributed by atoms with Gasteiger partial charge in [0, 0.05) is 30.8 Å². The zero-order chi connectivity index (χ0) is 23.5. The van der Waals surface area contributed by atoms with E-state index < -0.39 is 11.7 Å². The van der Waals surface area contributed by atoms with Crippen LogP contribution in [0, 0.1) is 5.41 Å². The van der Waals surface area contributed by atoms with Gasteiger partial charge in [-0.2, -0.15) is 13.2 Å². The number of likely N-dealkylation sites (tertiary alicyclic amines) is 2. The first kappa shape index (κ1) is 23.6.